The predicted molar refractivity (Wildman–Crippen MR) is 100 cm³/mol. The second-order valence-corrected chi connectivity index (χ2v) is 6.37. The molecule has 0 atom stereocenters. The predicted octanol–water partition coefficient (Wildman–Crippen LogP) is 3.18. The number of nitrogens with zero attached hydrogens (tertiary/aromatic N) is 3. The van der Waals surface area contributed by atoms with Gasteiger partial charge in [-0.25, -0.2) is 13.9 Å². The molecule has 7 nitrogen and oxygen atoms in total. The van der Waals surface area contributed by atoms with Gasteiger partial charge in [-0.2, -0.15) is 13.2 Å². The highest BCUT2D eigenvalue weighted by atomic mass is 19.4. The number of methoxy groups -OCH3 is 1. The van der Waals surface area contributed by atoms with Gasteiger partial charge < -0.3 is 10.1 Å². The van der Waals surface area contributed by atoms with Gasteiger partial charge in [-0.15, -0.1) is 5.10 Å². The van der Waals surface area contributed by atoms with E-state index in [1.165, 1.54) is 7.11 Å². The summed E-state index contributed by atoms with van der Waals surface area (Å²) in [6.07, 6.45) is -4.62. The molecule has 0 spiro atoms. The van der Waals surface area contributed by atoms with Crippen molar-refractivity contribution in [2.75, 3.05) is 13.7 Å². The summed E-state index contributed by atoms with van der Waals surface area (Å²) in [5.74, 6) is -2.18. The van der Waals surface area contributed by atoms with Crippen LogP contribution in [0.3, 0.4) is 0 Å². The first-order chi connectivity index (χ1) is 14.7. The van der Waals surface area contributed by atoms with Crippen LogP contribution in [-0.4, -0.2) is 40.5 Å². The number of alkyl halides is 3. The summed E-state index contributed by atoms with van der Waals surface area (Å²) in [4.78, 5) is 23.7. The third-order valence-corrected chi connectivity index (χ3v) is 4.30. The zero-order chi connectivity index (χ0) is 22.6. The highest BCUT2D eigenvalue weighted by Gasteiger charge is 2.41. The summed E-state index contributed by atoms with van der Waals surface area (Å²) in [7, 11) is 1.26. The summed E-state index contributed by atoms with van der Waals surface area (Å²) >= 11 is 0. The molecule has 3 rings (SSSR count). The van der Waals surface area contributed by atoms with Crippen molar-refractivity contribution in [3.63, 3.8) is 0 Å². The van der Waals surface area contributed by atoms with Gasteiger partial charge in [-0.1, -0.05) is 17.3 Å². The Labute approximate surface area is 173 Å². The monoisotopic (exact) mass is 436 g/mol. The van der Waals surface area contributed by atoms with Gasteiger partial charge in [0.2, 0.25) is 0 Å². The fraction of sp³-hybridized carbons (Fsp3) is 0.200. The van der Waals surface area contributed by atoms with Gasteiger partial charge in [0.25, 0.3) is 5.91 Å². The van der Waals surface area contributed by atoms with E-state index in [1.807, 2.05) is 0 Å². The lowest BCUT2D eigenvalue weighted by molar-refractivity contribution is -0.143. The van der Waals surface area contributed by atoms with Crippen molar-refractivity contribution in [3.8, 4) is 5.69 Å². The number of rotatable bonds is 6. The standard InChI is InChI=1S/C20H16F4N4O3/c1-31-19(30)13-4-2-12(3-5-13)10-11-25-18(29)16-17(20(22,23)24)28(27-26-16)15-8-6-14(21)7-9-15/h2-9H,10-11H2,1H3,(H,25,29). The summed E-state index contributed by atoms with van der Waals surface area (Å²) in [5.41, 5.74) is -1.25. The molecule has 3 aromatic rings. The van der Waals surface area contributed by atoms with Gasteiger partial charge >= 0.3 is 12.1 Å². The van der Waals surface area contributed by atoms with Crippen molar-refractivity contribution in [2.45, 2.75) is 12.6 Å². The minimum Gasteiger partial charge on any atom is -0.465 e. The van der Waals surface area contributed by atoms with E-state index in [2.05, 4.69) is 20.4 Å². The topological polar surface area (TPSA) is 86.1 Å². The Bertz CT molecular complexity index is 1080. The van der Waals surface area contributed by atoms with Crippen LogP contribution in [0.5, 0.6) is 0 Å². The molecule has 0 unspecified atom stereocenters. The number of nitrogens with one attached hydrogen (secondary N) is 1. The third kappa shape index (κ3) is 5.05. The molecule has 1 amide bonds. The lowest BCUT2D eigenvalue weighted by atomic mass is 10.1. The molecule has 1 aromatic heterocycles. The van der Waals surface area contributed by atoms with Crippen LogP contribution in [0.2, 0.25) is 0 Å². The molecule has 1 N–H and O–H groups in total. The number of halogens is 4. The number of aromatic nitrogens is 3. The SMILES string of the molecule is COC(=O)c1ccc(CCNC(=O)c2nnn(-c3ccc(F)cc3)c2C(F)(F)F)cc1. The molecular formula is C20H16F4N4O3. The Kier molecular flexibility index (Phi) is 6.33. The second-order valence-electron chi connectivity index (χ2n) is 6.37. The minimum absolute atomic E-state index is 0.0249. The van der Waals surface area contributed by atoms with Crippen LogP contribution in [0.1, 0.15) is 32.1 Å². The van der Waals surface area contributed by atoms with E-state index in [1.54, 1.807) is 24.3 Å². The number of esters is 1. The largest absolute Gasteiger partial charge is 0.465 e. The lowest BCUT2D eigenvalue weighted by Gasteiger charge is -2.11. The van der Waals surface area contributed by atoms with Crippen molar-refractivity contribution in [2.24, 2.45) is 0 Å². The number of ether oxygens (including phenoxy) is 1. The molecule has 0 fully saturated rings. The molecule has 0 aliphatic rings. The van der Waals surface area contributed by atoms with Gasteiger partial charge in [-0.05, 0) is 48.4 Å². The molecule has 1 heterocycles. The highest BCUT2D eigenvalue weighted by Crippen LogP contribution is 2.32. The first-order valence-corrected chi connectivity index (χ1v) is 8.95. The Morgan fingerprint density at radius 1 is 1.06 bits per heavy atom. The van der Waals surface area contributed by atoms with E-state index in [0.29, 0.717) is 16.7 Å². The molecule has 162 valence electrons. The van der Waals surface area contributed by atoms with Crippen molar-refractivity contribution >= 4 is 11.9 Å². The number of carbonyl (C=O) groups excluding carboxylic acids is 2. The van der Waals surface area contributed by atoms with E-state index < -0.39 is 35.3 Å². The van der Waals surface area contributed by atoms with Crippen LogP contribution in [0.15, 0.2) is 48.5 Å². The minimum atomic E-state index is -4.92. The first-order valence-electron chi connectivity index (χ1n) is 8.95. The maximum atomic E-state index is 13.6. The molecule has 0 saturated carbocycles. The summed E-state index contributed by atoms with van der Waals surface area (Å²) in [5, 5.41) is 9.18. The zero-order valence-electron chi connectivity index (χ0n) is 16.1. The van der Waals surface area contributed by atoms with Crippen LogP contribution in [0.25, 0.3) is 5.69 Å². The third-order valence-electron chi connectivity index (χ3n) is 4.30. The Morgan fingerprint density at radius 3 is 2.29 bits per heavy atom. The van der Waals surface area contributed by atoms with Crippen LogP contribution >= 0.6 is 0 Å². The maximum absolute atomic E-state index is 13.6. The van der Waals surface area contributed by atoms with E-state index in [0.717, 1.165) is 29.8 Å². The van der Waals surface area contributed by atoms with Gasteiger partial charge in [0.05, 0.1) is 18.4 Å². The van der Waals surface area contributed by atoms with Crippen molar-refractivity contribution < 1.29 is 31.9 Å². The fourth-order valence-electron chi connectivity index (χ4n) is 2.78. The number of hydrogen-bond donors (Lipinski definition) is 1. The first kappa shape index (κ1) is 21.9. The molecule has 11 heteroatoms. The van der Waals surface area contributed by atoms with E-state index >= 15 is 0 Å². The number of benzene rings is 2. The van der Waals surface area contributed by atoms with Crippen molar-refractivity contribution in [1.29, 1.82) is 0 Å². The molecule has 0 aliphatic carbocycles. The van der Waals surface area contributed by atoms with Crippen LogP contribution in [0.4, 0.5) is 17.6 Å². The second kappa shape index (κ2) is 8.94. The molecule has 2 aromatic carbocycles. The average molecular weight is 436 g/mol. The summed E-state index contributed by atoms with van der Waals surface area (Å²) in [6, 6.07) is 10.5. The highest BCUT2D eigenvalue weighted by molar-refractivity contribution is 5.93. The quantitative estimate of drug-likeness (QED) is 0.474. The van der Waals surface area contributed by atoms with Gasteiger partial charge in [0, 0.05) is 6.54 Å². The Morgan fingerprint density at radius 2 is 1.71 bits per heavy atom. The molecule has 0 radical (unpaired) electrons. The molecule has 0 aliphatic heterocycles. The fourth-order valence-corrected chi connectivity index (χ4v) is 2.78. The summed E-state index contributed by atoms with van der Waals surface area (Å²) < 4.78 is 58.9. The maximum Gasteiger partial charge on any atom is 0.435 e. The Hall–Kier alpha value is -3.76. The normalized spacial score (nSPS) is 11.3. The number of amides is 1. The van der Waals surface area contributed by atoms with Gasteiger partial charge in [0.15, 0.2) is 11.4 Å². The molecule has 0 saturated heterocycles. The lowest BCUT2D eigenvalue weighted by Crippen LogP contribution is -2.29. The van der Waals surface area contributed by atoms with Crippen LogP contribution in [0, 0.1) is 5.82 Å². The molecule has 0 bridgehead atoms. The zero-order valence-corrected chi connectivity index (χ0v) is 16.1. The molecule has 31 heavy (non-hydrogen) atoms. The molecular weight excluding hydrogens is 420 g/mol. The van der Waals surface area contributed by atoms with Crippen LogP contribution < -0.4 is 5.32 Å². The van der Waals surface area contributed by atoms with E-state index in [9.17, 15) is 27.2 Å². The van der Waals surface area contributed by atoms with Crippen LogP contribution in [-0.2, 0) is 17.3 Å². The van der Waals surface area contributed by atoms with Gasteiger partial charge in [0.1, 0.15) is 5.82 Å². The smallest absolute Gasteiger partial charge is 0.435 e. The average Bonchev–Trinajstić information content (AvgIpc) is 3.20. The van der Waals surface area contributed by atoms with E-state index in [-0.39, 0.29) is 12.2 Å². The number of hydrogen-bond acceptors (Lipinski definition) is 5. The summed E-state index contributed by atoms with van der Waals surface area (Å²) in [6.45, 7) is 0.0249. The number of carbonyl (C=O) groups is 2. The van der Waals surface area contributed by atoms with Crippen molar-refractivity contribution in [3.05, 3.63) is 76.9 Å². The van der Waals surface area contributed by atoms with Crippen molar-refractivity contribution in [1.82, 2.24) is 20.3 Å². The Balaban J connectivity index is 1.73. The van der Waals surface area contributed by atoms with Gasteiger partial charge in [-0.3, -0.25) is 4.79 Å². The van der Waals surface area contributed by atoms with E-state index in [4.69, 9.17) is 0 Å².